The Kier molecular flexibility index (Phi) is 5.83. The van der Waals surface area contributed by atoms with Gasteiger partial charge in [-0.25, -0.2) is 0 Å². The summed E-state index contributed by atoms with van der Waals surface area (Å²) in [5.74, 6) is -0.170. The highest BCUT2D eigenvalue weighted by molar-refractivity contribution is 6.42. The topological polar surface area (TPSA) is 69.8 Å². The van der Waals surface area contributed by atoms with Crippen LogP contribution >= 0.6 is 23.2 Å². The molecule has 0 aliphatic carbocycles. The van der Waals surface area contributed by atoms with Crippen LogP contribution in [0, 0.1) is 13.8 Å². The molecule has 0 bridgehead atoms. The van der Waals surface area contributed by atoms with Crippen LogP contribution in [-0.2, 0) is 6.54 Å². The number of hydrogen-bond acceptors (Lipinski definition) is 3. The van der Waals surface area contributed by atoms with Gasteiger partial charge in [-0.3, -0.25) is 9.89 Å². The average molecular weight is 341 g/mol. The summed E-state index contributed by atoms with van der Waals surface area (Å²) in [4.78, 5) is 12.0. The minimum absolute atomic E-state index is 0.170. The van der Waals surface area contributed by atoms with E-state index in [2.05, 4.69) is 20.8 Å². The number of aromatic nitrogens is 2. The molecule has 0 aliphatic rings. The molecule has 5 nitrogen and oxygen atoms in total. The Morgan fingerprint density at radius 2 is 2.00 bits per heavy atom. The van der Waals surface area contributed by atoms with E-state index in [-0.39, 0.29) is 5.91 Å². The van der Waals surface area contributed by atoms with Crippen molar-refractivity contribution in [1.29, 1.82) is 0 Å². The molecule has 0 saturated carbocycles. The first-order valence-corrected chi connectivity index (χ1v) is 7.69. The van der Waals surface area contributed by atoms with Gasteiger partial charge in [0.15, 0.2) is 0 Å². The molecule has 1 aromatic carbocycles. The molecular weight excluding hydrogens is 323 g/mol. The van der Waals surface area contributed by atoms with Crippen molar-refractivity contribution in [2.75, 3.05) is 13.1 Å². The van der Waals surface area contributed by atoms with Crippen LogP contribution in [0.4, 0.5) is 0 Å². The largest absolute Gasteiger partial charge is 0.351 e. The van der Waals surface area contributed by atoms with Gasteiger partial charge in [0.25, 0.3) is 5.91 Å². The van der Waals surface area contributed by atoms with Crippen molar-refractivity contribution in [1.82, 2.24) is 20.8 Å². The summed E-state index contributed by atoms with van der Waals surface area (Å²) in [5.41, 5.74) is 3.71. The first kappa shape index (κ1) is 16.8. The lowest BCUT2D eigenvalue weighted by atomic mass is 10.2. The number of H-pyrrole nitrogens is 1. The Balaban J connectivity index is 1.74. The lowest BCUT2D eigenvalue weighted by Crippen LogP contribution is -2.31. The van der Waals surface area contributed by atoms with Crippen LogP contribution in [-0.4, -0.2) is 29.2 Å². The van der Waals surface area contributed by atoms with E-state index >= 15 is 0 Å². The van der Waals surface area contributed by atoms with Crippen molar-refractivity contribution in [3.05, 3.63) is 50.8 Å². The lowest BCUT2D eigenvalue weighted by Gasteiger charge is -2.08. The highest BCUT2D eigenvalue weighted by Gasteiger charge is 2.08. The molecule has 0 atom stereocenters. The number of benzene rings is 1. The number of hydrogen-bond donors (Lipinski definition) is 3. The standard InChI is InChI=1S/C15H18Cl2N4O/c1-9-12(10(2)21-20-9)8-18-5-6-19-15(22)11-3-4-13(16)14(17)7-11/h3-4,7,18H,5-6,8H2,1-2H3,(H,19,22)(H,20,21). The molecule has 0 unspecified atom stereocenters. The summed E-state index contributed by atoms with van der Waals surface area (Å²) in [6, 6.07) is 4.82. The molecule has 3 N–H and O–H groups in total. The Hall–Kier alpha value is -1.56. The summed E-state index contributed by atoms with van der Waals surface area (Å²) >= 11 is 11.7. The minimum atomic E-state index is -0.170. The predicted octanol–water partition coefficient (Wildman–Crippen LogP) is 2.85. The molecule has 2 rings (SSSR count). The Morgan fingerprint density at radius 1 is 1.23 bits per heavy atom. The van der Waals surface area contributed by atoms with Crippen LogP contribution in [0.25, 0.3) is 0 Å². The molecule has 0 fully saturated rings. The van der Waals surface area contributed by atoms with Gasteiger partial charge in [0.2, 0.25) is 0 Å². The van der Waals surface area contributed by atoms with Crippen LogP contribution in [0.2, 0.25) is 10.0 Å². The number of carbonyl (C=O) groups is 1. The second-order valence-electron chi connectivity index (χ2n) is 4.97. The normalized spacial score (nSPS) is 10.7. The molecule has 1 amide bonds. The molecular formula is C15H18Cl2N4O. The third kappa shape index (κ3) is 4.22. The van der Waals surface area contributed by atoms with Gasteiger partial charge in [-0.1, -0.05) is 23.2 Å². The third-order valence-electron chi connectivity index (χ3n) is 3.35. The molecule has 0 radical (unpaired) electrons. The Labute approximate surface area is 139 Å². The van der Waals surface area contributed by atoms with E-state index in [0.717, 1.165) is 23.5 Å². The van der Waals surface area contributed by atoms with Gasteiger partial charge < -0.3 is 10.6 Å². The number of amides is 1. The van der Waals surface area contributed by atoms with Crippen LogP contribution in [0.15, 0.2) is 18.2 Å². The van der Waals surface area contributed by atoms with E-state index < -0.39 is 0 Å². The lowest BCUT2D eigenvalue weighted by molar-refractivity contribution is 0.0954. The van der Waals surface area contributed by atoms with Gasteiger partial charge in [-0.05, 0) is 32.0 Å². The van der Waals surface area contributed by atoms with Crippen molar-refractivity contribution in [3.8, 4) is 0 Å². The molecule has 2 aromatic rings. The summed E-state index contributed by atoms with van der Waals surface area (Å²) in [7, 11) is 0. The number of nitrogens with zero attached hydrogens (tertiary/aromatic N) is 1. The third-order valence-corrected chi connectivity index (χ3v) is 4.09. The maximum Gasteiger partial charge on any atom is 0.251 e. The van der Waals surface area contributed by atoms with Gasteiger partial charge in [0.1, 0.15) is 0 Å². The van der Waals surface area contributed by atoms with E-state index in [1.807, 2.05) is 13.8 Å². The average Bonchev–Trinajstić information content (AvgIpc) is 2.81. The zero-order chi connectivity index (χ0) is 16.1. The Bertz CT molecular complexity index is 650. The van der Waals surface area contributed by atoms with E-state index in [0.29, 0.717) is 28.7 Å². The van der Waals surface area contributed by atoms with Gasteiger partial charge in [0.05, 0.1) is 15.7 Å². The number of halogens is 2. The smallest absolute Gasteiger partial charge is 0.251 e. The molecule has 118 valence electrons. The molecule has 0 saturated heterocycles. The Morgan fingerprint density at radius 3 is 2.64 bits per heavy atom. The number of aryl methyl sites for hydroxylation is 2. The molecule has 0 aliphatic heterocycles. The maximum absolute atomic E-state index is 12.0. The molecule has 0 spiro atoms. The van der Waals surface area contributed by atoms with E-state index in [1.165, 1.54) is 0 Å². The van der Waals surface area contributed by atoms with Crippen molar-refractivity contribution >= 4 is 29.1 Å². The van der Waals surface area contributed by atoms with Crippen molar-refractivity contribution in [2.24, 2.45) is 0 Å². The highest BCUT2D eigenvalue weighted by atomic mass is 35.5. The zero-order valence-corrected chi connectivity index (χ0v) is 14.0. The number of nitrogens with one attached hydrogen (secondary N) is 3. The van der Waals surface area contributed by atoms with Gasteiger partial charge >= 0.3 is 0 Å². The predicted molar refractivity (Wildman–Crippen MR) is 88.6 cm³/mol. The van der Waals surface area contributed by atoms with E-state index in [4.69, 9.17) is 23.2 Å². The zero-order valence-electron chi connectivity index (χ0n) is 12.5. The second kappa shape index (κ2) is 7.63. The first-order chi connectivity index (χ1) is 10.5. The van der Waals surface area contributed by atoms with Crippen LogP contribution < -0.4 is 10.6 Å². The van der Waals surface area contributed by atoms with Crippen molar-refractivity contribution in [3.63, 3.8) is 0 Å². The molecule has 7 heteroatoms. The van der Waals surface area contributed by atoms with E-state index in [9.17, 15) is 4.79 Å². The molecule has 22 heavy (non-hydrogen) atoms. The second-order valence-corrected chi connectivity index (χ2v) is 5.79. The highest BCUT2D eigenvalue weighted by Crippen LogP contribution is 2.22. The molecule has 1 heterocycles. The van der Waals surface area contributed by atoms with Crippen LogP contribution in [0.3, 0.4) is 0 Å². The first-order valence-electron chi connectivity index (χ1n) is 6.93. The van der Waals surface area contributed by atoms with Crippen molar-refractivity contribution < 1.29 is 4.79 Å². The van der Waals surface area contributed by atoms with Crippen LogP contribution in [0.1, 0.15) is 27.3 Å². The fraction of sp³-hybridized carbons (Fsp3) is 0.333. The SMILES string of the molecule is Cc1n[nH]c(C)c1CNCCNC(=O)c1ccc(Cl)c(Cl)c1. The minimum Gasteiger partial charge on any atom is -0.351 e. The number of aromatic amines is 1. The number of rotatable bonds is 6. The van der Waals surface area contributed by atoms with Gasteiger partial charge in [-0.15, -0.1) is 0 Å². The fourth-order valence-electron chi connectivity index (χ4n) is 2.05. The quantitative estimate of drug-likeness (QED) is 0.708. The van der Waals surface area contributed by atoms with Crippen molar-refractivity contribution in [2.45, 2.75) is 20.4 Å². The fourth-order valence-corrected chi connectivity index (χ4v) is 2.35. The summed E-state index contributed by atoms with van der Waals surface area (Å²) in [6.45, 7) is 5.86. The molecule has 1 aromatic heterocycles. The maximum atomic E-state index is 12.0. The van der Waals surface area contributed by atoms with Crippen LogP contribution in [0.5, 0.6) is 0 Å². The summed E-state index contributed by atoms with van der Waals surface area (Å²) < 4.78 is 0. The monoisotopic (exact) mass is 340 g/mol. The number of carbonyl (C=O) groups excluding carboxylic acids is 1. The summed E-state index contributed by atoms with van der Waals surface area (Å²) in [5, 5.41) is 14.0. The van der Waals surface area contributed by atoms with Gasteiger partial charge in [0, 0.05) is 36.5 Å². The van der Waals surface area contributed by atoms with E-state index in [1.54, 1.807) is 18.2 Å². The summed E-state index contributed by atoms with van der Waals surface area (Å²) in [6.07, 6.45) is 0. The van der Waals surface area contributed by atoms with Gasteiger partial charge in [-0.2, -0.15) is 5.10 Å².